The number of carbonyl (C=O) groups excluding carboxylic acids is 1. The van der Waals surface area contributed by atoms with E-state index in [-0.39, 0.29) is 6.03 Å². The van der Waals surface area contributed by atoms with Crippen molar-refractivity contribution in [3.05, 3.63) is 24.3 Å². The van der Waals surface area contributed by atoms with Crippen molar-refractivity contribution in [2.75, 3.05) is 38.1 Å². The fourth-order valence-electron chi connectivity index (χ4n) is 3.42. The zero-order chi connectivity index (χ0) is 16.1. The SMILES string of the molecule is CCCOc1cccc(NC(=O)N2CC[C@H](N3CCCC3)C2)c1. The molecule has 2 aliphatic rings. The Morgan fingerprint density at radius 3 is 2.91 bits per heavy atom. The summed E-state index contributed by atoms with van der Waals surface area (Å²) in [5.74, 6) is 0.806. The van der Waals surface area contributed by atoms with E-state index in [1.54, 1.807) is 0 Å². The predicted octanol–water partition coefficient (Wildman–Crippen LogP) is 3.18. The summed E-state index contributed by atoms with van der Waals surface area (Å²) in [4.78, 5) is 16.9. The van der Waals surface area contributed by atoms with Gasteiger partial charge in [-0.05, 0) is 50.9 Å². The molecule has 3 rings (SSSR count). The third kappa shape index (κ3) is 4.16. The Balaban J connectivity index is 1.53. The van der Waals surface area contributed by atoms with Crippen LogP contribution in [0.4, 0.5) is 10.5 Å². The van der Waals surface area contributed by atoms with Gasteiger partial charge >= 0.3 is 6.03 Å². The highest BCUT2D eigenvalue weighted by molar-refractivity contribution is 5.89. The molecule has 1 atom stereocenters. The van der Waals surface area contributed by atoms with Crippen LogP contribution in [-0.4, -0.2) is 54.7 Å². The van der Waals surface area contributed by atoms with Gasteiger partial charge in [0.15, 0.2) is 0 Å². The largest absolute Gasteiger partial charge is 0.494 e. The summed E-state index contributed by atoms with van der Waals surface area (Å²) >= 11 is 0. The molecule has 126 valence electrons. The number of amides is 2. The van der Waals surface area contributed by atoms with Gasteiger partial charge in [-0.1, -0.05) is 13.0 Å². The first-order valence-corrected chi connectivity index (χ1v) is 8.79. The summed E-state index contributed by atoms with van der Waals surface area (Å²) in [7, 11) is 0. The maximum absolute atomic E-state index is 12.5. The number of urea groups is 1. The third-order valence-electron chi connectivity index (χ3n) is 4.67. The molecule has 23 heavy (non-hydrogen) atoms. The Kier molecular flexibility index (Phi) is 5.39. The van der Waals surface area contributed by atoms with Crippen molar-refractivity contribution in [3.63, 3.8) is 0 Å². The Morgan fingerprint density at radius 1 is 1.30 bits per heavy atom. The highest BCUT2D eigenvalue weighted by Crippen LogP contribution is 2.22. The van der Waals surface area contributed by atoms with Crippen LogP contribution in [0.1, 0.15) is 32.6 Å². The van der Waals surface area contributed by atoms with Gasteiger partial charge in [0.2, 0.25) is 0 Å². The fraction of sp³-hybridized carbons (Fsp3) is 0.611. The standard InChI is InChI=1S/C18H27N3O2/c1-2-12-23-17-7-5-6-15(13-17)19-18(22)21-11-8-16(14-21)20-9-3-4-10-20/h5-7,13,16H,2-4,8-12,14H2,1H3,(H,19,22)/t16-/m0/s1. The lowest BCUT2D eigenvalue weighted by atomic mass is 10.2. The molecule has 2 amide bonds. The van der Waals surface area contributed by atoms with Crippen LogP contribution in [0, 0.1) is 0 Å². The topological polar surface area (TPSA) is 44.8 Å². The van der Waals surface area contributed by atoms with Crippen LogP contribution in [0.3, 0.4) is 0 Å². The highest BCUT2D eigenvalue weighted by atomic mass is 16.5. The van der Waals surface area contributed by atoms with Crippen LogP contribution in [0.25, 0.3) is 0 Å². The molecule has 0 spiro atoms. The van der Waals surface area contributed by atoms with Crippen LogP contribution in [-0.2, 0) is 0 Å². The molecule has 2 fully saturated rings. The summed E-state index contributed by atoms with van der Waals surface area (Å²) in [6.45, 7) is 6.85. The molecule has 2 heterocycles. The molecule has 1 N–H and O–H groups in total. The van der Waals surface area contributed by atoms with Crippen molar-refractivity contribution >= 4 is 11.7 Å². The number of likely N-dealkylation sites (tertiary alicyclic amines) is 2. The minimum absolute atomic E-state index is 0.000613. The van der Waals surface area contributed by atoms with Crippen LogP contribution in [0.5, 0.6) is 5.75 Å². The van der Waals surface area contributed by atoms with Gasteiger partial charge in [-0.2, -0.15) is 0 Å². The maximum atomic E-state index is 12.5. The van der Waals surface area contributed by atoms with E-state index >= 15 is 0 Å². The van der Waals surface area contributed by atoms with Crippen molar-refractivity contribution in [2.45, 2.75) is 38.6 Å². The predicted molar refractivity (Wildman–Crippen MR) is 92.0 cm³/mol. The number of benzene rings is 1. The highest BCUT2D eigenvalue weighted by Gasteiger charge is 2.31. The van der Waals surface area contributed by atoms with Crippen LogP contribution < -0.4 is 10.1 Å². The zero-order valence-electron chi connectivity index (χ0n) is 14.0. The number of hydrogen-bond donors (Lipinski definition) is 1. The maximum Gasteiger partial charge on any atom is 0.321 e. The van der Waals surface area contributed by atoms with Crippen molar-refractivity contribution in [1.82, 2.24) is 9.80 Å². The summed E-state index contributed by atoms with van der Waals surface area (Å²) in [5, 5.41) is 3.00. The van der Waals surface area contributed by atoms with Gasteiger partial charge in [0, 0.05) is 30.9 Å². The summed E-state index contributed by atoms with van der Waals surface area (Å²) in [6, 6.07) is 8.18. The van der Waals surface area contributed by atoms with E-state index in [2.05, 4.69) is 17.1 Å². The minimum Gasteiger partial charge on any atom is -0.494 e. The number of nitrogens with one attached hydrogen (secondary N) is 1. The van der Waals surface area contributed by atoms with E-state index in [4.69, 9.17) is 4.74 Å². The first-order chi connectivity index (χ1) is 11.3. The number of carbonyl (C=O) groups is 1. The molecule has 0 radical (unpaired) electrons. The van der Waals surface area contributed by atoms with Gasteiger partial charge in [0.05, 0.1) is 6.61 Å². The lowest BCUT2D eigenvalue weighted by Gasteiger charge is -2.23. The number of nitrogens with zero attached hydrogens (tertiary/aromatic N) is 2. The van der Waals surface area contributed by atoms with E-state index in [1.807, 2.05) is 29.2 Å². The average Bonchev–Trinajstić information content (AvgIpc) is 3.24. The van der Waals surface area contributed by atoms with Crippen LogP contribution >= 0.6 is 0 Å². The van der Waals surface area contributed by atoms with Crippen molar-refractivity contribution in [1.29, 1.82) is 0 Å². The van der Waals surface area contributed by atoms with Crippen LogP contribution in [0.2, 0.25) is 0 Å². The molecule has 1 aromatic carbocycles. The molecule has 2 saturated heterocycles. The Bertz CT molecular complexity index is 529. The van der Waals surface area contributed by atoms with E-state index in [1.165, 1.54) is 25.9 Å². The summed E-state index contributed by atoms with van der Waals surface area (Å²) < 4.78 is 5.62. The molecule has 5 nitrogen and oxygen atoms in total. The molecule has 0 unspecified atom stereocenters. The van der Waals surface area contributed by atoms with Crippen molar-refractivity contribution in [2.24, 2.45) is 0 Å². The number of hydrogen-bond acceptors (Lipinski definition) is 3. The monoisotopic (exact) mass is 317 g/mol. The first kappa shape index (κ1) is 16.1. The van der Waals surface area contributed by atoms with Gasteiger partial charge < -0.3 is 15.0 Å². The molecule has 0 aromatic heterocycles. The third-order valence-corrected chi connectivity index (χ3v) is 4.67. The number of ether oxygens (including phenoxy) is 1. The number of rotatable bonds is 5. The summed E-state index contributed by atoms with van der Waals surface area (Å²) in [6.07, 6.45) is 4.66. The molecule has 5 heteroatoms. The van der Waals surface area contributed by atoms with Gasteiger partial charge in [-0.15, -0.1) is 0 Å². The quantitative estimate of drug-likeness (QED) is 0.907. The molecule has 0 aliphatic carbocycles. The van der Waals surface area contributed by atoms with E-state index in [0.29, 0.717) is 12.6 Å². The Hall–Kier alpha value is -1.75. The van der Waals surface area contributed by atoms with Gasteiger partial charge in [-0.25, -0.2) is 4.79 Å². The van der Waals surface area contributed by atoms with Crippen LogP contribution in [0.15, 0.2) is 24.3 Å². The lowest BCUT2D eigenvalue weighted by Crippen LogP contribution is -2.38. The smallest absolute Gasteiger partial charge is 0.321 e. The molecular weight excluding hydrogens is 290 g/mol. The average molecular weight is 317 g/mol. The lowest BCUT2D eigenvalue weighted by molar-refractivity contribution is 0.210. The number of anilines is 1. The molecule has 0 bridgehead atoms. The Labute approximate surface area is 138 Å². The van der Waals surface area contributed by atoms with E-state index < -0.39 is 0 Å². The molecule has 0 saturated carbocycles. The van der Waals surface area contributed by atoms with Gasteiger partial charge in [0.25, 0.3) is 0 Å². The second kappa shape index (κ2) is 7.68. The fourth-order valence-corrected chi connectivity index (χ4v) is 3.42. The van der Waals surface area contributed by atoms with Crippen molar-refractivity contribution in [3.8, 4) is 5.75 Å². The second-order valence-electron chi connectivity index (χ2n) is 6.44. The normalized spacial score (nSPS) is 21.6. The molecule has 2 aliphatic heterocycles. The second-order valence-corrected chi connectivity index (χ2v) is 6.44. The van der Waals surface area contributed by atoms with Gasteiger partial charge in [-0.3, -0.25) is 4.90 Å². The van der Waals surface area contributed by atoms with E-state index in [9.17, 15) is 4.79 Å². The van der Waals surface area contributed by atoms with Crippen molar-refractivity contribution < 1.29 is 9.53 Å². The van der Waals surface area contributed by atoms with E-state index in [0.717, 1.165) is 37.4 Å². The Morgan fingerprint density at radius 2 is 2.13 bits per heavy atom. The molecular formula is C18H27N3O2. The summed E-state index contributed by atoms with van der Waals surface area (Å²) in [5.41, 5.74) is 0.799. The zero-order valence-corrected chi connectivity index (χ0v) is 14.0. The minimum atomic E-state index is -0.000613. The molecule has 1 aromatic rings. The first-order valence-electron chi connectivity index (χ1n) is 8.79. The van der Waals surface area contributed by atoms with Gasteiger partial charge in [0.1, 0.15) is 5.75 Å².